The molecule has 0 amide bonds. The van der Waals surface area contributed by atoms with Crippen LogP contribution in [-0.4, -0.2) is 9.97 Å². The van der Waals surface area contributed by atoms with Gasteiger partial charge in [-0.25, -0.2) is 4.98 Å². The number of hydrogen-bond donors (Lipinski definition) is 2. The van der Waals surface area contributed by atoms with Gasteiger partial charge in [-0.3, -0.25) is 0 Å². The quantitative estimate of drug-likeness (QED) is 0.708. The molecular formula is C11H13N3. The molecule has 0 spiro atoms. The molecule has 72 valence electrons. The van der Waals surface area contributed by atoms with Gasteiger partial charge in [0.25, 0.3) is 0 Å². The van der Waals surface area contributed by atoms with E-state index in [9.17, 15) is 0 Å². The molecule has 0 radical (unpaired) electrons. The van der Waals surface area contributed by atoms with Gasteiger partial charge in [0.15, 0.2) is 0 Å². The lowest BCUT2D eigenvalue weighted by molar-refractivity contribution is 1.14. The fourth-order valence-electron chi connectivity index (χ4n) is 1.50. The summed E-state index contributed by atoms with van der Waals surface area (Å²) in [4.78, 5) is 7.03. The third kappa shape index (κ3) is 1.48. The topological polar surface area (TPSA) is 54.7 Å². The van der Waals surface area contributed by atoms with Crippen LogP contribution in [0.3, 0.4) is 0 Å². The molecule has 3 heteroatoms. The molecule has 3 N–H and O–H groups in total. The van der Waals surface area contributed by atoms with Crippen LogP contribution in [0.5, 0.6) is 0 Å². The summed E-state index contributed by atoms with van der Waals surface area (Å²) in [6, 6.07) is 6.10. The van der Waals surface area contributed by atoms with Crippen molar-refractivity contribution in [3.63, 3.8) is 0 Å². The van der Waals surface area contributed by atoms with Crippen molar-refractivity contribution in [1.29, 1.82) is 0 Å². The molecular weight excluding hydrogens is 174 g/mol. The second kappa shape index (κ2) is 3.54. The lowest BCUT2D eigenvalue weighted by atomic mass is 10.1. The number of nitrogens with one attached hydrogen (secondary N) is 1. The van der Waals surface area contributed by atoms with E-state index in [2.05, 4.69) is 29.0 Å². The third-order valence-corrected chi connectivity index (χ3v) is 2.34. The van der Waals surface area contributed by atoms with Gasteiger partial charge in [-0.2, -0.15) is 0 Å². The number of nitrogens with zero attached hydrogens (tertiary/aromatic N) is 1. The van der Waals surface area contributed by atoms with Crippen LogP contribution in [0.2, 0.25) is 0 Å². The van der Waals surface area contributed by atoms with Crippen molar-refractivity contribution < 1.29 is 0 Å². The Morgan fingerprint density at radius 3 is 2.86 bits per heavy atom. The normalized spacial score (nSPS) is 10.4. The molecule has 0 saturated heterocycles. The zero-order chi connectivity index (χ0) is 9.97. The average Bonchev–Trinajstić information content (AvgIpc) is 2.70. The number of aromatic amines is 1. The first-order chi connectivity index (χ1) is 6.81. The largest absolute Gasteiger partial charge is 0.398 e. The molecule has 1 heterocycles. The molecule has 0 bridgehead atoms. The molecule has 0 atom stereocenters. The van der Waals surface area contributed by atoms with E-state index in [4.69, 9.17) is 5.73 Å². The maximum absolute atomic E-state index is 5.90. The van der Waals surface area contributed by atoms with Crippen molar-refractivity contribution in [3.05, 3.63) is 36.3 Å². The highest BCUT2D eigenvalue weighted by molar-refractivity contribution is 5.65. The molecule has 1 aromatic heterocycles. The van der Waals surface area contributed by atoms with E-state index < -0.39 is 0 Å². The van der Waals surface area contributed by atoms with Gasteiger partial charge in [-0.05, 0) is 18.1 Å². The number of nitrogen functional groups attached to an aromatic ring is 1. The molecule has 0 aliphatic rings. The van der Waals surface area contributed by atoms with Crippen LogP contribution in [0.15, 0.2) is 30.7 Å². The Bertz CT molecular complexity index is 418. The molecule has 0 unspecified atom stereocenters. The predicted octanol–water partition coefficient (Wildman–Crippen LogP) is 2.22. The standard InChI is InChI=1S/C11H13N3/c1-2-8-3-4-9(5-10(8)12)11-6-13-7-14-11/h3-7H,2,12H2,1H3,(H,13,14). The summed E-state index contributed by atoms with van der Waals surface area (Å²) < 4.78 is 0. The zero-order valence-electron chi connectivity index (χ0n) is 8.12. The third-order valence-electron chi connectivity index (χ3n) is 2.34. The number of H-pyrrole nitrogens is 1. The zero-order valence-corrected chi connectivity index (χ0v) is 8.12. The van der Waals surface area contributed by atoms with Crippen LogP contribution in [0, 0.1) is 0 Å². The van der Waals surface area contributed by atoms with Gasteiger partial charge in [0, 0.05) is 11.3 Å². The van der Waals surface area contributed by atoms with E-state index in [1.54, 1.807) is 12.5 Å². The Morgan fingerprint density at radius 1 is 1.43 bits per heavy atom. The highest BCUT2D eigenvalue weighted by Gasteiger charge is 2.01. The molecule has 0 aliphatic heterocycles. The van der Waals surface area contributed by atoms with Crippen LogP contribution in [0.4, 0.5) is 5.69 Å². The number of nitrogens with two attached hydrogens (primary N) is 1. The molecule has 0 fully saturated rings. The molecule has 2 rings (SSSR count). The minimum Gasteiger partial charge on any atom is -0.398 e. The van der Waals surface area contributed by atoms with E-state index in [1.807, 2.05) is 6.07 Å². The molecule has 2 aromatic rings. The number of aryl methyl sites for hydroxylation is 1. The van der Waals surface area contributed by atoms with Crippen LogP contribution in [0.25, 0.3) is 11.3 Å². The fraction of sp³-hybridized carbons (Fsp3) is 0.182. The Kier molecular flexibility index (Phi) is 2.23. The lowest BCUT2D eigenvalue weighted by Gasteiger charge is -2.04. The Hall–Kier alpha value is -1.77. The van der Waals surface area contributed by atoms with Gasteiger partial charge in [-0.1, -0.05) is 19.1 Å². The van der Waals surface area contributed by atoms with E-state index in [1.165, 1.54) is 5.56 Å². The molecule has 3 nitrogen and oxygen atoms in total. The smallest absolute Gasteiger partial charge is 0.0924 e. The number of imidazole rings is 1. The number of aromatic nitrogens is 2. The second-order valence-corrected chi connectivity index (χ2v) is 3.23. The summed E-state index contributed by atoms with van der Waals surface area (Å²) in [6.07, 6.45) is 4.43. The van der Waals surface area contributed by atoms with E-state index in [-0.39, 0.29) is 0 Å². The predicted molar refractivity (Wildman–Crippen MR) is 57.8 cm³/mol. The van der Waals surface area contributed by atoms with Crippen molar-refractivity contribution in [1.82, 2.24) is 9.97 Å². The first-order valence-corrected chi connectivity index (χ1v) is 4.68. The Labute approximate surface area is 83.0 Å². The Balaban J connectivity index is 2.43. The van der Waals surface area contributed by atoms with Crippen molar-refractivity contribution in [3.8, 4) is 11.3 Å². The van der Waals surface area contributed by atoms with Crippen molar-refractivity contribution in [2.75, 3.05) is 5.73 Å². The van der Waals surface area contributed by atoms with Crippen molar-refractivity contribution in [2.45, 2.75) is 13.3 Å². The van der Waals surface area contributed by atoms with Gasteiger partial charge in [0.1, 0.15) is 0 Å². The van der Waals surface area contributed by atoms with Gasteiger partial charge in [-0.15, -0.1) is 0 Å². The first-order valence-electron chi connectivity index (χ1n) is 4.68. The Morgan fingerprint density at radius 2 is 2.29 bits per heavy atom. The van der Waals surface area contributed by atoms with Crippen LogP contribution < -0.4 is 5.73 Å². The highest BCUT2D eigenvalue weighted by atomic mass is 14.9. The second-order valence-electron chi connectivity index (χ2n) is 3.23. The average molecular weight is 187 g/mol. The molecule has 1 aromatic carbocycles. The maximum Gasteiger partial charge on any atom is 0.0924 e. The summed E-state index contributed by atoms with van der Waals surface area (Å²) in [5.41, 5.74) is 10.0. The van der Waals surface area contributed by atoms with Gasteiger partial charge in [0.05, 0.1) is 18.2 Å². The van der Waals surface area contributed by atoms with E-state index in [0.717, 1.165) is 23.4 Å². The van der Waals surface area contributed by atoms with Crippen LogP contribution in [-0.2, 0) is 6.42 Å². The highest BCUT2D eigenvalue weighted by Crippen LogP contribution is 2.22. The summed E-state index contributed by atoms with van der Waals surface area (Å²) in [5, 5.41) is 0. The maximum atomic E-state index is 5.90. The number of hydrogen-bond acceptors (Lipinski definition) is 2. The monoisotopic (exact) mass is 187 g/mol. The van der Waals surface area contributed by atoms with Crippen molar-refractivity contribution in [2.24, 2.45) is 0 Å². The van der Waals surface area contributed by atoms with Gasteiger partial charge < -0.3 is 10.7 Å². The van der Waals surface area contributed by atoms with Crippen LogP contribution >= 0.6 is 0 Å². The SMILES string of the molecule is CCc1ccc(-c2cnc[nH]2)cc1N. The van der Waals surface area contributed by atoms with E-state index in [0.29, 0.717) is 0 Å². The van der Waals surface area contributed by atoms with E-state index >= 15 is 0 Å². The van der Waals surface area contributed by atoms with Crippen molar-refractivity contribution >= 4 is 5.69 Å². The molecule has 0 aliphatic carbocycles. The number of benzene rings is 1. The summed E-state index contributed by atoms with van der Waals surface area (Å²) in [7, 11) is 0. The summed E-state index contributed by atoms with van der Waals surface area (Å²) in [5.74, 6) is 0. The first kappa shape index (κ1) is 8.81. The number of anilines is 1. The van der Waals surface area contributed by atoms with Gasteiger partial charge >= 0.3 is 0 Å². The minimum absolute atomic E-state index is 0.847. The fourth-order valence-corrected chi connectivity index (χ4v) is 1.50. The summed E-state index contributed by atoms with van der Waals surface area (Å²) in [6.45, 7) is 2.10. The summed E-state index contributed by atoms with van der Waals surface area (Å²) >= 11 is 0. The molecule has 14 heavy (non-hydrogen) atoms. The van der Waals surface area contributed by atoms with Crippen LogP contribution in [0.1, 0.15) is 12.5 Å². The van der Waals surface area contributed by atoms with Gasteiger partial charge in [0.2, 0.25) is 0 Å². The lowest BCUT2D eigenvalue weighted by Crippen LogP contribution is -1.93. The minimum atomic E-state index is 0.847. The molecule has 0 saturated carbocycles. The number of rotatable bonds is 2.